The van der Waals surface area contributed by atoms with E-state index in [1.54, 1.807) is 6.92 Å². The first-order valence-corrected chi connectivity index (χ1v) is 14.5. The summed E-state index contributed by atoms with van der Waals surface area (Å²) in [5.74, 6) is -2.29. The lowest BCUT2D eigenvalue weighted by Gasteiger charge is -2.58. The van der Waals surface area contributed by atoms with Gasteiger partial charge in [0.25, 0.3) is 0 Å². The summed E-state index contributed by atoms with van der Waals surface area (Å²) < 4.78 is 11.9. The van der Waals surface area contributed by atoms with Gasteiger partial charge in [-0.1, -0.05) is 57.7 Å². The van der Waals surface area contributed by atoms with E-state index in [0.717, 1.165) is 5.56 Å². The standard InChI is InChI=1S/C33H45NO7/c1-18-24(36)16-22-29(38)28-19(2)25(41-26(37)17-23(34(7)8)21-12-10-9-11-13-21)14-15-33(28,6)31(40-20(3)35)30(39)27(18)32(22,4)5/h9-13,22-23,25,28-31,38-39H,2,14-17H2,1,3-8H3/t22-,23-,25+,28+,29-,30-,31+,33-/m1/s1. The van der Waals surface area contributed by atoms with Crippen LogP contribution >= 0.6 is 0 Å². The van der Waals surface area contributed by atoms with Crippen molar-refractivity contribution in [2.75, 3.05) is 14.1 Å². The molecular weight excluding hydrogens is 522 g/mol. The first-order chi connectivity index (χ1) is 19.1. The molecule has 0 aliphatic heterocycles. The van der Waals surface area contributed by atoms with Crippen molar-refractivity contribution < 1.29 is 34.1 Å². The highest BCUT2D eigenvalue weighted by atomic mass is 16.6. The number of benzene rings is 1. The molecule has 0 saturated heterocycles. The molecule has 8 nitrogen and oxygen atoms in total. The van der Waals surface area contributed by atoms with Crippen molar-refractivity contribution in [3.63, 3.8) is 0 Å². The van der Waals surface area contributed by atoms with E-state index in [4.69, 9.17) is 9.47 Å². The molecule has 1 aromatic carbocycles. The van der Waals surface area contributed by atoms with E-state index >= 15 is 0 Å². The predicted octanol–water partition coefficient (Wildman–Crippen LogP) is 4.16. The molecule has 2 fully saturated rings. The van der Waals surface area contributed by atoms with Crippen LogP contribution in [0.25, 0.3) is 0 Å². The number of ether oxygens (including phenoxy) is 2. The maximum absolute atomic E-state index is 13.3. The summed E-state index contributed by atoms with van der Waals surface area (Å²) in [4.78, 5) is 40.7. The van der Waals surface area contributed by atoms with Crippen molar-refractivity contribution in [1.82, 2.24) is 4.90 Å². The van der Waals surface area contributed by atoms with Gasteiger partial charge in [-0.3, -0.25) is 14.4 Å². The Bertz CT molecular complexity index is 1240. The predicted molar refractivity (Wildman–Crippen MR) is 155 cm³/mol. The quantitative estimate of drug-likeness (QED) is 0.389. The largest absolute Gasteiger partial charge is 0.459 e. The van der Waals surface area contributed by atoms with Gasteiger partial charge < -0.3 is 24.6 Å². The molecule has 8 atom stereocenters. The summed E-state index contributed by atoms with van der Waals surface area (Å²) >= 11 is 0. The monoisotopic (exact) mass is 567 g/mol. The molecule has 0 spiro atoms. The lowest BCUT2D eigenvalue weighted by molar-refractivity contribution is -0.187. The fraction of sp³-hybridized carbons (Fsp3) is 0.606. The Kier molecular flexibility index (Phi) is 8.70. The number of hydrogen-bond donors (Lipinski definition) is 2. The second-order valence-electron chi connectivity index (χ2n) is 13.1. The summed E-state index contributed by atoms with van der Waals surface area (Å²) in [7, 11) is 3.83. The molecule has 3 aliphatic carbocycles. The fourth-order valence-electron chi connectivity index (χ4n) is 7.82. The number of esters is 2. The van der Waals surface area contributed by atoms with Gasteiger partial charge >= 0.3 is 11.9 Å². The molecular formula is C33H45NO7. The highest BCUT2D eigenvalue weighted by Gasteiger charge is 2.62. The fourth-order valence-corrected chi connectivity index (χ4v) is 7.82. The molecule has 2 bridgehead atoms. The van der Waals surface area contributed by atoms with Crippen molar-refractivity contribution in [3.05, 3.63) is 59.2 Å². The molecule has 2 N–H and O–H groups in total. The third-order valence-corrected chi connectivity index (χ3v) is 10.0. The van der Waals surface area contributed by atoms with Crippen LogP contribution in [0.5, 0.6) is 0 Å². The number of aliphatic hydroxyl groups excluding tert-OH is 2. The highest BCUT2D eigenvalue weighted by Crippen LogP contribution is 2.59. The molecule has 0 aromatic heterocycles. The van der Waals surface area contributed by atoms with E-state index in [1.807, 2.05) is 70.1 Å². The van der Waals surface area contributed by atoms with Gasteiger partial charge in [0.1, 0.15) is 18.3 Å². The van der Waals surface area contributed by atoms with Gasteiger partial charge in [-0.05, 0) is 61.6 Å². The van der Waals surface area contributed by atoms with Crippen molar-refractivity contribution >= 4 is 17.7 Å². The minimum atomic E-state index is -1.24. The van der Waals surface area contributed by atoms with E-state index in [-0.39, 0.29) is 30.6 Å². The molecule has 8 heteroatoms. The molecule has 2 saturated carbocycles. The Morgan fingerprint density at radius 1 is 1.12 bits per heavy atom. The molecule has 224 valence electrons. The van der Waals surface area contributed by atoms with Gasteiger partial charge in [-0.15, -0.1) is 0 Å². The number of carbonyl (C=O) groups is 3. The van der Waals surface area contributed by atoms with Gasteiger partial charge in [-0.2, -0.15) is 0 Å². The molecule has 0 heterocycles. The number of hydrogen-bond acceptors (Lipinski definition) is 8. The minimum Gasteiger partial charge on any atom is -0.459 e. The molecule has 1 aromatic rings. The van der Waals surface area contributed by atoms with Crippen LogP contribution in [0.3, 0.4) is 0 Å². The molecule has 0 radical (unpaired) electrons. The van der Waals surface area contributed by atoms with E-state index in [1.165, 1.54) is 6.92 Å². The van der Waals surface area contributed by atoms with E-state index in [0.29, 0.717) is 29.6 Å². The van der Waals surface area contributed by atoms with Gasteiger partial charge in [-0.25, -0.2) is 0 Å². The SMILES string of the molecule is C=C1[C@@H](OC(=O)C[C@H](c2ccccc2)N(C)C)CC[C@@]2(C)[C@@H](OC(C)=O)[C@H](O)C3=C(C)C(=O)C[C@H]([C@@H](O)[C@H]12)C3(C)C. The summed E-state index contributed by atoms with van der Waals surface area (Å²) in [5, 5.41) is 23.9. The number of fused-ring (bicyclic) bond motifs is 3. The Morgan fingerprint density at radius 2 is 1.76 bits per heavy atom. The Balaban J connectivity index is 1.68. The zero-order chi connectivity index (χ0) is 30.4. The topological polar surface area (TPSA) is 113 Å². The van der Waals surface area contributed by atoms with Gasteiger partial charge in [0.2, 0.25) is 0 Å². The van der Waals surface area contributed by atoms with Gasteiger partial charge in [0, 0.05) is 36.6 Å². The van der Waals surface area contributed by atoms with Crippen LogP contribution in [-0.4, -0.2) is 71.3 Å². The third-order valence-electron chi connectivity index (χ3n) is 10.0. The molecule has 41 heavy (non-hydrogen) atoms. The Labute approximate surface area is 243 Å². The van der Waals surface area contributed by atoms with Crippen LogP contribution in [-0.2, 0) is 23.9 Å². The van der Waals surface area contributed by atoms with Crippen LogP contribution in [0.2, 0.25) is 0 Å². The van der Waals surface area contributed by atoms with Crippen LogP contribution in [0.15, 0.2) is 53.6 Å². The molecule has 4 rings (SSSR count). The van der Waals surface area contributed by atoms with Crippen LogP contribution in [0.1, 0.15) is 71.9 Å². The van der Waals surface area contributed by atoms with Crippen molar-refractivity contribution in [2.24, 2.45) is 22.7 Å². The number of allylic oxidation sites excluding steroid dienone is 1. The second kappa shape index (κ2) is 11.5. The average Bonchev–Trinajstić information content (AvgIpc) is 2.89. The third kappa shape index (κ3) is 5.54. The maximum atomic E-state index is 13.3. The van der Waals surface area contributed by atoms with E-state index in [9.17, 15) is 24.6 Å². The van der Waals surface area contributed by atoms with Gasteiger partial charge in [0.05, 0.1) is 12.5 Å². The number of carbonyl (C=O) groups excluding carboxylic acids is 3. The first-order valence-electron chi connectivity index (χ1n) is 14.5. The zero-order valence-electron chi connectivity index (χ0n) is 25.3. The maximum Gasteiger partial charge on any atom is 0.308 e. The Morgan fingerprint density at radius 3 is 2.34 bits per heavy atom. The number of nitrogens with zero attached hydrogens (tertiary/aromatic N) is 1. The second-order valence-corrected chi connectivity index (χ2v) is 13.1. The zero-order valence-corrected chi connectivity index (χ0v) is 25.3. The number of rotatable bonds is 6. The summed E-state index contributed by atoms with van der Waals surface area (Å²) in [6, 6.07) is 9.58. The number of aliphatic hydroxyl groups is 2. The average molecular weight is 568 g/mol. The number of ketones is 1. The van der Waals surface area contributed by atoms with Gasteiger partial charge in [0.15, 0.2) is 5.78 Å². The summed E-state index contributed by atoms with van der Waals surface area (Å²) in [6.45, 7) is 13.0. The lowest BCUT2D eigenvalue weighted by atomic mass is 9.49. The van der Waals surface area contributed by atoms with E-state index < -0.39 is 53.1 Å². The molecule has 0 unspecified atom stereocenters. The first kappa shape index (κ1) is 31.1. The normalized spacial score (nSPS) is 33.9. The van der Waals surface area contributed by atoms with Crippen molar-refractivity contribution in [1.29, 1.82) is 0 Å². The van der Waals surface area contributed by atoms with Crippen LogP contribution < -0.4 is 0 Å². The lowest BCUT2D eigenvalue weighted by Crippen LogP contribution is -2.62. The summed E-state index contributed by atoms with van der Waals surface area (Å²) in [6.07, 6.45) is -2.90. The van der Waals surface area contributed by atoms with Crippen LogP contribution in [0, 0.1) is 22.7 Å². The Hall–Kier alpha value is -2.81. The van der Waals surface area contributed by atoms with E-state index in [2.05, 4.69) is 6.58 Å². The smallest absolute Gasteiger partial charge is 0.308 e. The number of Topliss-reactive ketones (excluding diaryl/α,β-unsaturated/α-hetero) is 1. The van der Waals surface area contributed by atoms with Crippen molar-refractivity contribution in [3.8, 4) is 0 Å². The van der Waals surface area contributed by atoms with Crippen molar-refractivity contribution in [2.45, 2.75) is 90.8 Å². The molecule has 0 amide bonds. The minimum absolute atomic E-state index is 0.125. The van der Waals surface area contributed by atoms with Crippen LogP contribution in [0.4, 0.5) is 0 Å². The molecule has 3 aliphatic rings. The highest BCUT2D eigenvalue weighted by molar-refractivity contribution is 5.97. The summed E-state index contributed by atoms with van der Waals surface area (Å²) in [5.41, 5.74) is 0.819.